The van der Waals surface area contributed by atoms with E-state index in [9.17, 15) is 9.59 Å². The van der Waals surface area contributed by atoms with Crippen molar-refractivity contribution < 1.29 is 19.1 Å². The van der Waals surface area contributed by atoms with Gasteiger partial charge in [0.1, 0.15) is 11.5 Å². The minimum absolute atomic E-state index is 0.202. The highest BCUT2D eigenvalue weighted by Gasteiger charge is 2.12. The summed E-state index contributed by atoms with van der Waals surface area (Å²) in [5, 5.41) is 6.60. The fourth-order valence-electron chi connectivity index (χ4n) is 3.07. The van der Waals surface area contributed by atoms with Crippen molar-refractivity contribution in [2.45, 2.75) is 0 Å². The third kappa shape index (κ3) is 6.21. The highest BCUT2D eigenvalue weighted by atomic mass is 79.9. The molecule has 34 heavy (non-hydrogen) atoms. The van der Waals surface area contributed by atoms with Gasteiger partial charge in [-0.25, -0.2) is 10.2 Å². The largest absolute Gasteiger partial charge is 0.484 e. The van der Waals surface area contributed by atoms with Crippen molar-refractivity contribution in [3.8, 4) is 11.5 Å². The highest BCUT2D eigenvalue weighted by molar-refractivity contribution is 9.10. The zero-order valence-electron chi connectivity index (χ0n) is 17.7. The number of nitrogens with zero attached hydrogens (tertiary/aromatic N) is 1. The summed E-state index contributed by atoms with van der Waals surface area (Å²) >= 11 is 9.24. The van der Waals surface area contributed by atoms with Crippen molar-refractivity contribution in [2.24, 2.45) is 5.10 Å². The molecule has 4 rings (SSSR count). The van der Waals surface area contributed by atoms with Crippen LogP contribution >= 0.6 is 27.5 Å². The number of carbonyl (C=O) groups excluding carboxylic acids is 2. The number of hydrogen-bond donors (Lipinski definition) is 1. The SMILES string of the molecule is O=C(COc1ccc2ccccc2c1)NN=Cc1cc(Br)ccc1OC(=O)c1ccc(Cl)cc1. The van der Waals surface area contributed by atoms with Gasteiger partial charge in [0.05, 0.1) is 11.8 Å². The maximum Gasteiger partial charge on any atom is 0.343 e. The third-order valence-electron chi connectivity index (χ3n) is 4.74. The molecule has 0 unspecified atom stereocenters. The van der Waals surface area contributed by atoms with Crippen molar-refractivity contribution in [3.05, 3.63) is 106 Å². The number of ether oxygens (including phenoxy) is 2. The van der Waals surface area contributed by atoms with Crippen LogP contribution in [0.4, 0.5) is 0 Å². The second kappa shape index (κ2) is 11.0. The Bertz CT molecular complexity index is 1370. The first-order valence-electron chi connectivity index (χ1n) is 10.2. The van der Waals surface area contributed by atoms with Gasteiger partial charge in [0.15, 0.2) is 6.61 Å². The van der Waals surface area contributed by atoms with Gasteiger partial charge < -0.3 is 9.47 Å². The van der Waals surface area contributed by atoms with E-state index in [1.165, 1.54) is 6.21 Å². The molecule has 4 aromatic rings. The first kappa shape index (κ1) is 23.5. The first-order valence-corrected chi connectivity index (χ1v) is 11.4. The Labute approximate surface area is 209 Å². The molecule has 0 heterocycles. The van der Waals surface area contributed by atoms with Gasteiger partial charge in [-0.3, -0.25) is 4.79 Å². The van der Waals surface area contributed by atoms with Crippen LogP contribution in [0, 0.1) is 0 Å². The quantitative estimate of drug-likeness (QED) is 0.136. The second-order valence-electron chi connectivity index (χ2n) is 7.17. The van der Waals surface area contributed by atoms with E-state index in [-0.39, 0.29) is 12.4 Å². The Hall–Kier alpha value is -3.68. The summed E-state index contributed by atoms with van der Waals surface area (Å²) in [6, 6.07) is 24.9. The van der Waals surface area contributed by atoms with Gasteiger partial charge in [-0.1, -0.05) is 57.9 Å². The number of carbonyl (C=O) groups is 2. The lowest BCUT2D eigenvalue weighted by atomic mass is 10.1. The molecule has 0 aliphatic heterocycles. The summed E-state index contributed by atoms with van der Waals surface area (Å²) in [6.45, 7) is -0.202. The monoisotopic (exact) mass is 536 g/mol. The van der Waals surface area contributed by atoms with E-state index < -0.39 is 11.9 Å². The van der Waals surface area contributed by atoms with Gasteiger partial charge in [0.25, 0.3) is 5.91 Å². The molecule has 6 nitrogen and oxygen atoms in total. The predicted octanol–water partition coefficient (Wildman–Crippen LogP) is 6.00. The molecular weight excluding hydrogens is 520 g/mol. The molecule has 170 valence electrons. The van der Waals surface area contributed by atoms with Crippen LogP contribution in [0.1, 0.15) is 15.9 Å². The summed E-state index contributed by atoms with van der Waals surface area (Å²) in [4.78, 5) is 24.6. The maximum atomic E-state index is 12.4. The molecule has 1 amide bonds. The number of hydrogen-bond acceptors (Lipinski definition) is 5. The molecule has 4 aromatic carbocycles. The van der Waals surface area contributed by atoms with E-state index in [0.717, 1.165) is 15.2 Å². The van der Waals surface area contributed by atoms with Crippen molar-refractivity contribution in [3.63, 3.8) is 0 Å². The Morgan fingerprint density at radius 3 is 2.50 bits per heavy atom. The maximum absolute atomic E-state index is 12.4. The first-order chi connectivity index (χ1) is 16.5. The lowest BCUT2D eigenvalue weighted by molar-refractivity contribution is -0.123. The number of nitrogens with one attached hydrogen (secondary N) is 1. The summed E-state index contributed by atoms with van der Waals surface area (Å²) in [7, 11) is 0. The van der Waals surface area contributed by atoms with Crippen LogP contribution in [-0.4, -0.2) is 24.7 Å². The Kier molecular flexibility index (Phi) is 7.57. The molecule has 0 bridgehead atoms. The van der Waals surface area contributed by atoms with Crippen LogP contribution < -0.4 is 14.9 Å². The lowest BCUT2D eigenvalue weighted by Gasteiger charge is -2.08. The molecule has 0 aromatic heterocycles. The fraction of sp³-hybridized carbons (Fsp3) is 0.0385. The van der Waals surface area contributed by atoms with E-state index >= 15 is 0 Å². The van der Waals surface area contributed by atoms with Crippen molar-refractivity contribution >= 4 is 56.4 Å². The summed E-state index contributed by atoms with van der Waals surface area (Å²) in [5.41, 5.74) is 3.26. The van der Waals surface area contributed by atoms with Crippen LogP contribution in [0.5, 0.6) is 11.5 Å². The van der Waals surface area contributed by atoms with E-state index in [0.29, 0.717) is 21.9 Å². The van der Waals surface area contributed by atoms with Crippen LogP contribution in [0.2, 0.25) is 5.02 Å². The Morgan fingerprint density at radius 1 is 0.941 bits per heavy atom. The Balaban J connectivity index is 1.36. The molecule has 0 spiro atoms. The number of fused-ring (bicyclic) bond motifs is 1. The lowest BCUT2D eigenvalue weighted by Crippen LogP contribution is -2.24. The molecule has 0 saturated carbocycles. The van der Waals surface area contributed by atoms with Crippen molar-refractivity contribution in [2.75, 3.05) is 6.61 Å². The molecule has 0 fully saturated rings. The zero-order valence-corrected chi connectivity index (χ0v) is 20.0. The summed E-state index contributed by atoms with van der Waals surface area (Å²) in [5.74, 6) is -0.102. The average Bonchev–Trinajstić information content (AvgIpc) is 2.84. The number of esters is 1. The molecule has 0 radical (unpaired) electrons. The fourth-order valence-corrected chi connectivity index (χ4v) is 3.57. The van der Waals surface area contributed by atoms with Gasteiger partial charge in [-0.05, 0) is 65.4 Å². The standard InChI is InChI=1S/C26H18BrClN2O4/c27-21-8-12-24(34-26(32)18-5-9-22(28)10-6-18)20(13-21)15-29-30-25(31)16-33-23-11-7-17-3-1-2-4-19(17)14-23/h1-15H,16H2,(H,30,31). The number of amides is 1. The topological polar surface area (TPSA) is 77.0 Å². The Morgan fingerprint density at radius 2 is 1.71 bits per heavy atom. The minimum atomic E-state index is -0.540. The molecule has 0 aliphatic rings. The normalized spacial score (nSPS) is 10.9. The van der Waals surface area contributed by atoms with Crippen LogP contribution in [-0.2, 0) is 4.79 Å². The number of halogens is 2. The van der Waals surface area contributed by atoms with Gasteiger partial charge in [-0.15, -0.1) is 0 Å². The molecule has 0 atom stereocenters. The smallest absolute Gasteiger partial charge is 0.343 e. The molecular formula is C26H18BrClN2O4. The zero-order chi connectivity index (χ0) is 23.9. The van der Waals surface area contributed by atoms with Gasteiger partial charge in [0.2, 0.25) is 0 Å². The van der Waals surface area contributed by atoms with Crippen molar-refractivity contribution in [1.29, 1.82) is 0 Å². The summed E-state index contributed by atoms with van der Waals surface area (Å²) < 4.78 is 11.8. The van der Waals surface area contributed by atoms with E-state index in [1.807, 2.05) is 42.5 Å². The number of hydrazone groups is 1. The van der Waals surface area contributed by atoms with Crippen LogP contribution in [0.25, 0.3) is 10.8 Å². The average molecular weight is 538 g/mol. The van der Waals surface area contributed by atoms with Crippen molar-refractivity contribution in [1.82, 2.24) is 5.43 Å². The molecule has 0 aliphatic carbocycles. The third-order valence-corrected chi connectivity index (χ3v) is 5.48. The van der Waals surface area contributed by atoms with Crippen LogP contribution in [0.15, 0.2) is 94.5 Å². The van der Waals surface area contributed by atoms with Gasteiger partial charge in [-0.2, -0.15) is 5.10 Å². The second-order valence-corrected chi connectivity index (χ2v) is 8.52. The molecule has 8 heteroatoms. The molecule has 0 saturated heterocycles. The minimum Gasteiger partial charge on any atom is -0.484 e. The molecule has 1 N–H and O–H groups in total. The van der Waals surface area contributed by atoms with Crippen LogP contribution in [0.3, 0.4) is 0 Å². The highest BCUT2D eigenvalue weighted by Crippen LogP contribution is 2.23. The summed E-state index contributed by atoms with van der Waals surface area (Å²) in [6.07, 6.45) is 1.39. The van der Waals surface area contributed by atoms with E-state index in [2.05, 4.69) is 26.5 Å². The van der Waals surface area contributed by atoms with E-state index in [4.69, 9.17) is 21.1 Å². The number of benzene rings is 4. The van der Waals surface area contributed by atoms with Gasteiger partial charge >= 0.3 is 5.97 Å². The predicted molar refractivity (Wildman–Crippen MR) is 136 cm³/mol. The number of rotatable bonds is 7. The van der Waals surface area contributed by atoms with Gasteiger partial charge in [0, 0.05) is 15.1 Å². The van der Waals surface area contributed by atoms with E-state index in [1.54, 1.807) is 42.5 Å².